The number of hydrogen-bond acceptors (Lipinski definition) is 3. The van der Waals surface area contributed by atoms with Crippen LogP contribution >= 0.6 is 12.2 Å². The second-order valence-electron chi connectivity index (χ2n) is 4.03. The maximum absolute atomic E-state index is 11.8. The van der Waals surface area contributed by atoms with Gasteiger partial charge >= 0.3 is 5.97 Å². The summed E-state index contributed by atoms with van der Waals surface area (Å²) in [5.74, 6) is -0.868. The molecule has 0 aromatic heterocycles. The van der Waals surface area contributed by atoms with E-state index in [1.54, 1.807) is 0 Å². The number of carbonyl (C=O) groups is 1. The lowest BCUT2D eigenvalue weighted by molar-refractivity contribution is -0.140. The van der Waals surface area contributed by atoms with Gasteiger partial charge < -0.3 is 10.1 Å². The molecule has 1 rings (SSSR count). The van der Waals surface area contributed by atoms with Crippen LogP contribution < -0.4 is 5.32 Å². The minimum absolute atomic E-state index is 0.193. The van der Waals surface area contributed by atoms with Gasteiger partial charge in [-0.3, -0.25) is 4.79 Å². The molecule has 0 aliphatic rings. The van der Waals surface area contributed by atoms with Crippen molar-refractivity contribution in [3.63, 3.8) is 0 Å². The Morgan fingerprint density at radius 1 is 1.29 bits per heavy atom. The highest BCUT2D eigenvalue weighted by Gasteiger charge is 2.26. The van der Waals surface area contributed by atoms with Crippen LogP contribution in [0.25, 0.3) is 0 Å². The number of methoxy groups -OCH3 is 1. The minimum Gasteiger partial charge on any atom is -0.468 e. The Hall–Kier alpha value is -1.42. The third-order valence-electron chi connectivity index (χ3n) is 2.26. The molecule has 1 aromatic rings. The van der Waals surface area contributed by atoms with Crippen molar-refractivity contribution in [3.05, 3.63) is 35.9 Å². The monoisotopic (exact) mass is 251 g/mol. The third-order valence-corrected chi connectivity index (χ3v) is 2.62. The molecule has 0 fully saturated rings. The van der Waals surface area contributed by atoms with Gasteiger partial charge in [-0.15, -0.1) is 0 Å². The molecular formula is C13H17NO2S. The van der Waals surface area contributed by atoms with Crippen LogP contribution in [0, 0.1) is 0 Å². The van der Waals surface area contributed by atoms with Gasteiger partial charge in [-0.1, -0.05) is 42.5 Å². The van der Waals surface area contributed by atoms with E-state index in [1.807, 2.05) is 44.2 Å². The van der Waals surface area contributed by atoms with Crippen LogP contribution in [0.2, 0.25) is 0 Å². The van der Waals surface area contributed by atoms with Crippen LogP contribution in [0.4, 0.5) is 0 Å². The number of esters is 1. The molecule has 1 aromatic carbocycles. The summed E-state index contributed by atoms with van der Waals surface area (Å²) in [5, 5.41) is 3.09. The lowest BCUT2D eigenvalue weighted by atomic mass is 9.99. The first kappa shape index (κ1) is 13.6. The molecule has 1 N–H and O–H groups in total. The molecule has 0 heterocycles. The minimum atomic E-state index is -0.529. The molecule has 17 heavy (non-hydrogen) atoms. The summed E-state index contributed by atoms with van der Waals surface area (Å²) in [6.07, 6.45) is 0. The summed E-state index contributed by atoms with van der Waals surface area (Å²) in [6.45, 7) is 3.96. The molecule has 92 valence electrons. The highest BCUT2D eigenvalue weighted by atomic mass is 32.1. The molecule has 0 spiro atoms. The van der Waals surface area contributed by atoms with Crippen LogP contribution in [-0.2, 0) is 9.53 Å². The van der Waals surface area contributed by atoms with E-state index in [1.165, 1.54) is 7.11 Å². The Morgan fingerprint density at radius 3 is 2.35 bits per heavy atom. The van der Waals surface area contributed by atoms with E-state index in [9.17, 15) is 4.79 Å². The standard InChI is InChI=1S/C13H17NO2S/c1-9(2)14-12(17)11(13(15)16-3)10-7-5-4-6-8-10/h4-9,11H,1-3H3,(H,14,17). The highest BCUT2D eigenvalue weighted by molar-refractivity contribution is 7.80. The van der Waals surface area contributed by atoms with Crippen molar-refractivity contribution in [2.45, 2.75) is 25.8 Å². The van der Waals surface area contributed by atoms with Crippen molar-refractivity contribution in [2.75, 3.05) is 7.11 Å². The SMILES string of the molecule is COC(=O)C(C(=S)NC(C)C)c1ccccc1. The van der Waals surface area contributed by atoms with Crippen molar-refractivity contribution in [2.24, 2.45) is 0 Å². The number of carbonyl (C=O) groups excluding carboxylic acids is 1. The Balaban J connectivity index is 2.97. The van der Waals surface area contributed by atoms with Crippen molar-refractivity contribution in [3.8, 4) is 0 Å². The second-order valence-corrected chi connectivity index (χ2v) is 4.47. The van der Waals surface area contributed by atoms with Gasteiger partial charge in [-0.25, -0.2) is 0 Å². The third kappa shape index (κ3) is 3.82. The topological polar surface area (TPSA) is 38.3 Å². The zero-order chi connectivity index (χ0) is 12.8. The summed E-state index contributed by atoms with van der Waals surface area (Å²) >= 11 is 5.26. The molecule has 0 amide bonds. The average Bonchev–Trinajstić information content (AvgIpc) is 2.29. The van der Waals surface area contributed by atoms with Crippen LogP contribution in [0.3, 0.4) is 0 Å². The molecule has 1 unspecified atom stereocenters. The predicted molar refractivity (Wildman–Crippen MR) is 72.1 cm³/mol. The Morgan fingerprint density at radius 2 is 1.88 bits per heavy atom. The van der Waals surface area contributed by atoms with Gasteiger partial charge in [-0.2, -0.15) is 0 Å². The van der Waals surface area contributed by atoms with Crippen molar-refractivity contribution in [1.82, 2.24) is 5.32 Å². The average molecular weight is 251 g/mol. The normalized spacial score (nSPS) is 12.0. The summed E-state index contributed by atoms with van der Waals surface area (Å²) < 4.78 is 4.80. The lowest BCUT2D eigenvalue weighted by Gasteiger charge is -2.19. The Kier molecular flexibility index (Phi) is 5.10. The van der Waals surface area contributed by atoms with Crippen LogP contribution in [-0.4, -0.2) is 24.1 Å². The first-order valence-electron chi connectivity index (χ1n) is 5.49. The molecule has 0 aliphatic heterocycles. The van der Waals surface area contributed by atoms with Gasteiger partial charge in [0.05, 0.1) is 12.1 Å². The van der Waals surface area contributed by atoms with E-state index in [-0.39, 0.29) is 12.0 Å². The van der Waals surface area contributed by atoms with Gasteiger partial charge in [0.1, 0.15) is 5.92 Å². The van der Waals surface area contributed by atoms with Gasteiger partial charge in [0.15, 0.2) is 0 Å². The van der Waals surface area contributed by atoms with Gasteiger partial charge in [0.25, 0.3) is 0 Å². The smallest absolute Gasteiger partial charge is 0.320 e. The number of ether oxygens (including phenoxy) is 1. The first-order valence-corrected chi connectivity index (χ1v) is 5.90. The van der Waals surface area contributed by atoms with Gasteiger partial charge in [0.2, 0.25) is 0 Å². The molecule has 3 nitrogen and oxygen atoms in total. The van der Waals surface area contributed by atoms with Gasteiger partial charge in [-0.05, 0) is 19.4 Å². The second kappa shape index (κ2) is 6.35. The summed E-state index contributed by atoms with van der Waals surface area (Å²) in [5.41, 5.74) is 0.845. The summed E-state index contributed by atoms with van der Waals surface area (Å²) in [7, 11) is 1.37. The van der Waals surface area contributed by atoms with Crippen LogP contribution in [0.5, 0.6) is 0 Å². The highest BCUT2D eigenvalue weighted by Crippen LogP contribution is 2.18. The van der Waals surface area contributed by atoms with E-state index >= 15 is 0 Å². The zero-order valence-corrected chi connectivity index (χ0v) is 11.1. The van der Waals surface area contributed by atoms with Crippen molar-refractivity contribution in [1.29, 1.82) is 0 Å². The Labute approximate surface area is 107 Å². The number of hydrogen-bond donors (Lipinski definition) is 1. The zero-order valence-electron chi connectivity index (χ0n) is 10.3. The van der Waals surface area contributed by atoms with Gasteiger partial charge in [0, 0.05) is 6.04 Å². The van der Waals surface area contributed by atoms with Crippen molar-refractivity contribution >= 4 is 23.2 Å². The molecule has 0 aliphatic carbocycles. The van der Waals surface area contributed by atoms with E-state index < -0.39 is 5.92 Å². The molecule has 0 bridgehead atoms. The Bertz CT molecular complexity index is 390. The molecule has 4 heteroatoms. The molecule has 0 radical (unpaired) electrons. The fourth-order valence-corrected chi connectivity index (χ4v) is 1.99. The number of thiocarbonyl (C=S) groups is 1. The first-order chi connectivity index (χ1) is 8.06. The fourth-order valence-electron chi connectivity index (χ4n) is 1.53. The lowest BCUT2D eigenvalue weighted by Crippen LogP contribution is -2.36. The van der Waals surface area contributed by atoms with Crippen molar-refractivity contribution < 1.29 is 9.53 Å². The fraction of sp³-hybridized carbons (Fsp3) is 0.385. The number of nitrogens with one attached hydrogen (secondary N) is 1. The van der Waals surface area contributed by atoms with Crippen LogP contribution in [0.15, 0.2) is 30.3 Å². The van der Waals surface area contributed by atoms with E-state index in [0.717, 1.165) is 5.56 Å². The molecule has 1 atom stereocenters. The number of benzene rings is 1. The summed E-state index contributed by atoms with van der Waals surface area (Å²) in [4.78, 5) is 12.3. The maximum atomic E-state index is 11.8. The van der Waals surface area contributed by atoms with E-state index in [0.29, 0.717) is 4.99 Å². The largest absolute Gasteiger partial charge is 0.468 e. The maximum Gasteiger partial charge on any atom is 0.320 e. The predicted octanol–water partition coefficient (Wildman–Crippen LogP) is 2.27. The molecule has 0 saturated heterocycles. The summed E-state index contributed by atoms with van der Waals surface area (Å²) in [6, 6.07) is 9.59. The molecular weight excluding hydrogens is 234 g/mol. The quantitative estimate of drug-likeness (QED) is 0.658. The van der Waals surface area contributed by atoms with Crippen LogP contribution in [0.1, 0.15) is 25.3 Å². The van der Waals surface area contributed by atoms with E-state index in [4.69, 9.17) is 17.0 Å². The van der Waals surface area contributed by atoms with E-state index in [2.05, 4.69) is 5.32 Å². The number of rotatable bonds is 4. The molecule has 0 saturated carbocycles.